The van der Waals surface area contributed by atoms with Crippen molar-refractivity contribution >= 4 is 39.7 Å². The Bertz CT molecular complexity index is 975. The Morgan fingerprint density at radius 2 is 1.71 bits per heavy atom. The fourth-order valence-electron chi connectivity index (χ4n) is 2.14. The van der Waals surface area contributed by atoms with Crippen molar-refractivity contribution in [2.75, 3.05) is 14.2 Å². The van der Waals surface area contributed by atoms with Crippen molar-refractivity contribution in [1.29, 1.82) is 0 Å². The van der Waals surface area contributed by atoms with E-state index in [-0.39, 0.29) is 33.6 Å². The summed E-state index contributed by atoms with van der Waals surface area (Å²) >= 11 is 0. The second kappa shape index (κ2) is 5.62. The summed E-state index contributed by atoms with van der Waals surface area (Å²) in [5.74, 6) is 0.509. The van der Waals surface area contributed by atoms with Crippen LogP contribution in [-0.4, -0.2) is 52.3 Å². The van der Waals surface area contributed by atoms with Crippen LogP contribution in [0.3, 0.4) is 0 Å². The molecule has 2 amide bonds. The lowest BCUT2D eigenvalue weighted by Crippen LogP contribution is -2.16. The van der Waals surface area contributed by atoms with Crippen LogP contribution in [-0.2, 0) is 10.0 Å². The monoisotopic (exact) mass is 349 g/mol. The van der Waals surface area contributed by atoms with Crippen LogP contribution in [0.25, 0.3) is 0 Å². The molecular weight excluding hydrogens is 338 g/mol. The molecule has 2 aliphatic rings. The minimum Gasteiger partial charge on any atom is -0.496 e. The molecule has 10 nitrogen and oxygen atoms in total. The van der Waals surface area contributed by atoms with Crippen molar-refractivity contribution in [3.05, 3.63) is 17.7 Å². The van der Waals surface area contributed by atoms with Gasteiger partial charge in [0.2, 0.25) is 10.0 Å². The molecule has 3 rings (SSSR count). The van der Waals surface area contributed by atoms with Crippen LogP contribution in [0.15, 0.2) is 37.0 Å². The fraction of sp³-hybridized carbons (Fsp3) is 0.154. The molecule has 2 heterocycles. The quantitative estimate of drug-likeness (QED) is 0.822. The smallest absolute Gasteiger partial charge is 0.369 e. The maximum absolute atomic E-state index is 11.8. The number of sulfonamides is 1. The van der Waals surface area contributed by atoms with Gasteiger partial charge in [-0.05, 0) is 6.07 Å². The zero-order chi connectivity index (χ0) is 17.5. The fourth-order valence-corrected chi connectivity index (χ4v) is 2.84. The number of primary sulfonamides is 1. The zero-order valence-corrected chi connectivity index (χ0v) is 13.4. The molecule has 0 fully saturated rings. The Kier molecular flexibility index (Phi) is 3.73. The molecule has 1 aromatic rings. The Labute approximate surface area is 136 Å². The van der Waals surface area contributed by atoms with Gasteiger partial charge in [0.15, 0.2) is 11.7 Å². The summed E-state index contributed by atoms with van der Waals surface area (Å²) in [5.41, 5.74) is 0.549. The number of hydrogen-bond acceptors (Lipinski definition) is 7. The van der Waals surface area contributed by atoms with Crippen LogP contribution in [0.5, 0.6) is 11.5 Å². The number of amides is 2. The molecule has 11 heteroatoms. The number of benzene rings is 1. The maximum Gasteiger partial charge on any atom is 0.369 e. The first-order valence-electron chi connectivity index (χ1n) is 6.47. The van der Waals surface area contributed by atoms with E-state index in [0.29, 0.717) is 5.71 Å². The minimum absolute atomic E-state index is 0.0239. The van der Waals surface area contributed by atoms with Crippen molar-refractivity contribution in [1.82, 2.24) is 0 Å². The van der Waals surface area contributed by atoms with E-state index in [1.165, 1.54) is 32.6 Å². The molecule has 2 N–H and O–H groups in total. The number of aliphatic imine (C=N–C) groups is 4. The number of nitrogens with zero attached hydrogens (tertiary/aromatic N) is 4. The lowest BCUT2D eigenvalue weighted by Gasteiger charge is -2.12. The predicted octanol–water partition coefficient (Wildman–Crippen LogP) is 0.155. The van der Waals surface area contributed by atoms with Crippen molar-refractivity contribution in [2.45, 2.75) is 4.90 Å². The van der Waals surface area contributed by atoms with Gasteiger partial charge in [-0.2, -0.15) is 9.98 Å². The van der Waals surface area contributed by atoms with Crippen molar-refractivity contribution < 1.29 is 22.7 Å². The molecular formula is C13H11N5O5S. The van der Waals surface area contributed by atoms with Crippen LogP contribution in [0.4, 0.5) is 4.79 Å². The number of carbonyl (C=O) groups is 1. The molecule has 0 aromatic heterocycles. The number of urea groups is 1. The van der Waals surface area contributed by atoms with Crippen LogP contribution in [0.2, 0.25) is 0 Å². The van der Waals surface area contributed by atoms with Gasteiger partial charge in [0.25, 0.3) is 0 Å². The van der Waals surface area contributed by atoms with Gasteiger partial charge in [0, 0.05) is 6.07 Å². The lowest BCUT2D eigenvalue weighted by molar-refractivity contribution is 0.257. The summed E-state index contributed by atoms with van der Waals surface area (Å²) in [6.45, 7) is 0. The van der Waals surface area contributed by atoms with Gasteiger partial charge < -0.3 is 9.47 Å². The largest absolute Gasteiger partial charge is 0.496 e. The third-order valence-electron chi connectivity index (χ3n) is 3.20. The second-order valence-electron chi connectivity index (χ2n) is 4.66. The first-order chi connectivity index (χ1) is 11.3. The van der Waals surface area contributed by atoms with Gasteiger partial charge in [-0.15, -0.1) is 0 Å². The SMILES string of the molecule is COc1cc(OC)c(S(N)(=O)=O)cc1C1=NC2=NC(=O)N=CC2=N1. The van der Waals surface area contributed by atoms with Gasteiger partial charge in [0.05, 0.1) is 26.0 Å². The Balaban J connectivity index is 2.20. The third kappa shape index (κ3) is 2.70. The summed E-state index contributed by atoms with van der Waals surface area (Å²) in [7, 11) is -1.35. The molecule has 0 radical (unpaired) electrons. The molecule has 1 aromatic carbocycles. The summed E-state index contributed by atoms with van der Waals surface area (Å²) in [6, 6.07) is 1.91. The molecule has 24 heavy (non-hydrogen) atoms. The van der Waals surface area contributed by atoms with E-state index in [4.69, 9.17) is 14.6 Å². The Hall–Kier alpha value is -2.92. The summed E-state index contributed by atoms with van der Waals surface area (Å²) in [5, 5.41) is 5.21. The van der Waals surface area contributed by atoms with Gasteiger partial charge in [-0.25, -0.2) is 28.3 Å². The van der Waals surface area contributed by atoms with E-state index < -0.39 is 16.1 Å². The van der Waals surface area contributed by atoms with Gasteiger partial charge in [-0.3, -0.25) is 0 Å². The average molecular weight is 349 g/mol. The number of fused-ring (bicyclic) bond motifs is 1. The van der Waals surface area contributed by atoms with Crippen molar-refractivity contribution in [2.24, 2.45) is 25.1 Å². The predicted molar refractivity (Wildman–Crippen MR) is 86.2 cm³/mol. The number of rotatable bonds is 4. The number of hydrogen-bond donors (Lipinski definition) is 1. The van der Waals surface area contributed by atoms with E-state index in [2.05, 4.69) is 20.0 Å². The van der Waals surface area contributed by atoms with Gasteiger partial charge >= 0.3 is 6.03 Å². The average Bonchev–Trinajstić information content (AvgIpc) is 2.95. The number of nitrogens with two attached hydrogens (primary N) is 1. The highest BCUT2D eigenvalue weighted by Crippen LogP contribution is 2.33. The standard InChI is InChI=1S/C13H11N5O5S/c1-22-8-4-9(23-2)10(24(14,20)21)3-6(8)11-16-7-5-15-13(19)18-12(7)17-11/h3-5H,1-2H3,(H2,14,20,21). The first kappa shape index (κ1) is 16.0. The topological polar surface area (TPSA) is 145 Å². The highest BCUT2D eigenvalue weighted by atomic mass is 32.2. The van der Waals surface area contributed by atoms with Crippen molar-refractivity contribution in [3.63, 3.8) is 0 Å². The molecule has 2 aliphatic heterocycles. The Morgan fingerprint density at radius 3 is 2.33 bits per heavy atom. The molecule has 0 atom stereocenters. The number of carbonyl (C=O) groups excluding carboxylic acids is 1. The highest BCUT2D eigenvalue weighted by Gasteiger charge is 2.27. The summed E-state index contributed by atoms with van der Waals surface area (Å²) in [4.78, 5) is 26.4. The molecule has 0 spiro atoms. The van der Waals surface area contributed by atoms with Crippen LogP contribution >= 0.6 is 0 Å². The first-order valence-corrected chi connectivity index (χ1v) is 8.02. The van der Waals surface area contributed by atoms with E-state index in [1.807, 2.05) is 0 Å². The second-order valence-corrected chi connectivity index (χ2v) is 6.19. The molecule has 0 aliphatic carbocycles. The molecule has 0 bridgehead atoms. The minimum atomic E-state index is -4.05. The van der Waals surface area contributed by atoms with Crippen molar-refractivity contribution in [3.8, 4) is 11.5 Å². The third-order valence-corrected chi connectivity index (χ3v) is 4.13. The van der Waals surface area contributed by atoms with E-state index in [9.17, 15) is 13.2 Å². The number of methoxy groups -OCH3 is 2. The number of amidine groups is 2. The molecule has 124 valence electrons. The summed E-state index contributed by atoms with van der Waals surface area (Å²) < 4.78 is 33.8. The van der Waals surface area contributed by atoms with Crippen LogP contribution in [0.1, 0.15) is 5.56 Å². The maximum atomic E-state index is 11.8. The molecule has 0 unspecified atom stereocenters. The van der Waals surface area contributed by atoms with Gasteiger partial charge in [-0.1, -0.05) is 0 Å². The van der Waals surface area contributed by atoms with E-state index in [1.54, 1.807) is 0 Å². The zero-order valence-electron chi connectivity index (χ0n) is 12.5. The number of ether oxygens (including phenoxy) is 2. The molecule has 0 saturated carbocycles. The van der Waals surface area contributed by atoms with E-state index in [0.717, 1.165) is 0 Å². The van der Waals surface area contributed by atoms with Crippen LogP contribution in [0, 0.1) is 0 Å². The summed E-state index contributed by atoms with van der Waals surface area (Å²) in [6.07, 6.45) is 1.23. The molecule has 0 saturated heterocycles. The normalized spacial score (nSPS) is 16.3. The van der Waals surface area contributed by atoms with Gasteiger partial charge in [0.1, 0.15) is 22.1 Å². The van der Waals surface area contributed by atoms with E-state index >= 15 is 0 Å². The lowest BCUT2D eigenvalue weighted by atomic mass is 10.1. The Morgan fingerprint density at radius 1 is 1.00 bits per heavy atom. The highest BCUT2D eigenvalue weighted by molar-refractivity contribution is 7.89. The van der Waals surface area contributed by atoms with Crippen LogP contribution < -0.4 is 14.6 Å².